The highest BCUT2D eigenvalue weighted by atomic mass is 35.5. The summed E-state index contributed by atoms with van der Waals surface area (Å²) < 4.78 is 4.84. The van der Waals surface area contributed by atoms with Crippen LogP contribution in [0, 0.1) is 11.8 Å². The van der Waals surface area contributed by atoms with Crippen LogP contribution in [0.15, 0.2) is 24.3 Å². The first-order chi connectivity index (χ1) is 15.9. The number of ether oxygens (including phenoxy) is 1. The van der Waals surface area contributed by atoms with E-state index >= 15 is 0 Å². The van der Waals surface area contributed by atoms with Crippen LogP contribution in [0.3, 0.4) is 0 Å². The smallest absolute Gasteiger partial charge is 0.328 e. The molecule has 33 heavy (non-hydrogen) atoms. The molecule has 2 aromatic rings. The number of H-pyrrole nitrogens is 1. The molecule has 1 aliphatic carbocycles. The second-order valence-electron chi connectivity index (χ2n) is 8.69. The Bertz CT molecular complexity index is 1080. The first-order valence-corrected chi connectivity index (χ1v) is 11.5. The average molecular weight is 475 g/mol. The number of aromatic nitrogens is 1. The number of carbonyl (C=O) groups excluding carboxylic acids is 4. The molecule has 2 heterocycles. The number of esters is 1. The van der Waals surface area contributed by atoms with Crippen LogP contribution in [-0.2, 0) is 19.1 Å². The minimum absolute atomic E-state index is 0.140. The monoisotopic (exact) mass is 474 g/mol. The third-order valence-electron chi connectivity index (χ3n) is 6.23. The Labute approximate surface area is 195 Å². The predicted octanol–water partition coefficient (Wildman–Crippen LogP) is 1.90. The topological polar surface area (TPSA) is 129 Å². The number of carbonyl (C=O) groups is 4. The molecule has 0 unspecified atom stereocenters. The molecule has 1 aliphatic heterocycles. The largest absolute Gasteiger partial charge is 0.467 e. The van der Waals surface area contributed by atoms with Gasteiger partial charge in [-0.2, -0.15) is 0 Å². The summed E-state index contributed by atoms with van der Waals surface area (Å²) in [4.78, 5) is 53.3. The standard InChI is InChI=1S/C23H27ClN4O5/c1-33-23(32)19(10-13-7-8-25-20(13)29)28-21(30)17(9-12-5-6-12)27-22(31)18-11-14-15(24)3-2-4-16(14)26-18/h2-4,11-13,17,19,26H,5-10H2,1H3,(H,25,29)(H,27,31)(H,28,30)/t13-,17-,19-/m0/s1. The van der Waals surface area contributed by atoms with Gasteiger partial charge in [0.1, 0.15) is 17.8 Å². The van der Waals surface area contributed by atoms with Crippen LogP contribution in [0.1, 0.15) is 42.6 Å². The fraction of sp³-hybridized carbons (Fsp3) is 0.478. The summed E-state index contributed by atoms with van der Waals surface area (Å²) in [5, 5.41) is 9.46. The van der Waals surface area contributed by atoms with Gasteiger partial charge in [0.25, 0.3) is 5.91 Å². The Balaban J connectivity index is 1.47. The van der Waals surface area contributed by atoms with Crippen molar-refractivity contribution in [2.45, 2.75) is 44.2 Å². The van der Waals surface area contributed by atoms with Crippen molar-refractivity contribution in [3.8, 4) is 0 Å². The molecule has 1 aromatic carbocycles. The van der Waals surface area contributed by atoms with E-state index in [1.165, 1.54) is 7.11 Å². The highest BCUT2D eigenvalue weighted by Crippen LogP contribution is 2.34. The maximum Gasteiger partial charge on any atom is 0.328 e. The van der Waals surface area contributed by atoms with E-state index in [1.807, 2.05) is 6.07 Å². The molecule has 3 amide bonds. The third-order valence-corrected chi connectivity index (χ3v) is 6.56. The molecule has 0 radical (unpaired) electrons. The van der Waals surface area contributed by atoms with Crippen molar-refractivity contribution >= 4 is 46.2 Å². The van der Waals surface area contributed by atoms with Crippen LogP contribution in [-0.4, -0.2) is 54.4 Å². The fourth-order valence-electron chi connectivity index (χ4n) is 4.18. The molecule has 1 saturated heterocycles. The van der Waals surface area contributed by atoms with Crippen molar-refractivity contribution in [2.24, 2.45) is 11.8 Å². The van der Waals surface area contributed by atoms with E-state index < -0.39 is 29.9 Å². The third kappa shape index (κ3) is 5.47. The van der Waals surface area contributed by atoms with Gasteiger partial charge in [0.2, 0.25) is 11.8 Å². The molecule has 2 fully saturated rings. The number of halogens is 1. The maximum absolute atomic E-state index is 13.1. The lowest BCUT2D eigenvalue weighted by Crippen LogP contribution is -2.52. The quantitative estimate of drug-likeness (QED) is 0.412. The van der Waals surface area contributed by atoms with Gasteiger partial charge in [-0.1, -0.05) is 30.5 Å². The van der Waals surface area contributed by atoms with Crippen LogP contribution in [0.2, 0.25) is 5.02 Å². The Morgan fingerprint density at radius 1 is 1.15 bits per heavy atom. The predicted molar refractivity (Wildman–Crippen MR) is 122 cm³/mol. The van der Waals surface area contributed by atoms with Gasteiger partial charge in [0.15, 0.2) is 0 Å². The van der Waals surface area contributed by atoms with Gasteiger partial charge in [-0.25, -0.2) is 4.79 Å². The molecule has 4 rings (SSSR count). The number of nitrogens with one attached hydrogen (secondary N) is 4. The highest BCUT2D eigenvalue weighted by Gasteiger charge is 2.35. The summed E-state index contributed by atoms with van der Waals surface area (Å²) >= 11 is 6.20. The molecule has 2 aliphatic rings. The Morgan fingerprint density at radius 3 is 2.58 bits per heavy atom. The SMILES string of the molecule is COC(=O)[C@H](C[C@@H]1CCNC1=O)NC(=O)[C@H](CC1CC1)NC(=O)c1cc2c(Cl)cccc2[nH]1. The fourth-order valence-corrected chi connectivity index (χ4v) is 4.41. The molecule has 1 saturated carbocycles. The lowest BCUT2D eigenvalue weighted by Gasteiger charge is -2.23. The zero-order valence-corrected chi connectivity index (χ0v) is 19.0. The van der Waals surface area contributed by atoms with E-state index in [-0.39, 0.29) is 18.2 Å². The van der Waals surface area contributed by atoms with Crippen molar-refractivity contribution in [2.75, 3.05) is 13.7 Å². The first-order valence-electron chi connectivity index (χ1n) is 11.1. The molecule has 9 nitrogen and oxygen atoms in total. The van der Waals surface area contributed by atoms with Crippen LogP contribution in [0.5, 0.6) is 0 Å². The molecule has 10 heteroatoms. The van der Waals surface area contributed by atoms with Gasteiger partial charge in [0, 0.05) is 28.4 Å². The summed E-state index contributed by atoms with van der Waals surface area (Å²) in [5.74, 6) is -1.70. The number of aromatic amines is 1. The Morgan fingerprint density at radius 2 is 1.94 bits per heavy atom. The van der Waals surface area contributed by atoms with Gasteiger partial charge >= 0.3 is 5.97 Å². The number of hydrogen-bond donors (Lipinski definition) is 4. The number of hydrogen-bond acceptors (Lipinski definition) is 5. The van der Waals surface area contributed by atoms with Crippen LogP contribution in [0.4, 0.5) is 0 Å². The first kappa shape index (κ1) is 23.1. The van der Waals surface area contributed by atoms with E-state index in [1.54, 1.807) is 18.2 Å². The van der Waals surface area contributed by atoms with Crippen LogP contribution < -0.4 is 16.0 Å². The van der Waals surface area contributed by atoms with Gasteiger partial charge < -0.3 is 25.7 Å². The van der Waals surface area contributed by atoms with E-state index in [4.69, 9.17) is 16.3 Å². The molecule has 4 N–H and O–H groups in total. The minimum Gasteiger partial charge on any atom is -0.467 e. The minimum atomic E-state index is -0.971. The summed E-state index contributed by atoms with van der Waals surface area (Å²) in [6.07, 6.45) is 3.19. The second kappa shape index (κ2) is 9.82. The highest BCUT2D eigenvalue weighted by molar-refractivity contribution is 6.35. The summed E-state index contributed by atoms with van der Waals surface area (Å²) in [6.45, 7) is 0.542. The van der Waals surface area contributed by atoms with Crippen molar-refractivity contribution in [1.29, 1.82) is 0 Å². The molecule has 176 valence electrons. The molecule has 0 spiro atoms. The average Bonchev–Trinajstić information content (AvgIpc) is 3.35. The van der Waals surface area contributed by atoms with Gasteiger partial charge in [0.05, 0.1) is 7.11 Å². The van der Waals surface area contributed by atoms with Gasteiger partial charge in [-0.05, 0) is 43.4 Å². The Hall–Kier alpha value is -3.07. The lowest BCUT2D eigenvalue weighted by atomic mass is 9.97. The molecule has 1 aromatic heterocycles. The van der Waals surface area contributed by atoms with Crippen molar-refractivity contribution < 1.29 is 23.9 Å². The number of amides is 3. The summed E-state index contributed by atoms with van der Waals surface area (Å²) in [7, 11) is 1.24. The number of fused-ring (bicyclic) bond motifs is 1. The summed E-state index contributed by atoms with van der Waals surface area (Å²) in [5.41, 5.74) is 1.01. The zero-order chi connectivity index (χ0) is 23.5. The van der Waals surface area contributed by atoms with E-state index in [0.29, 0.717) is 41.4 Å². The normalized spacial score (nSPS) is 19.6. The van der Waals surface area contributed by atoms with Crippen LogP contribution in [0.25, 0.3) is 10.9 Å². The number of benzene rings is 1. The van der Waals surface area contributed by atoms with Gasteiger partial charge in [-0.15, -0.1) is 0 Å². The number of rotatable bonds is 9. The van der Waals surface area contributed by atoms with Crippen molar-refractivity contribution in [3.05, 3.63) is 35.0 Å². The summed E-state index contributed by atoms with van der Waals surface area (Å²) in [6, 6.07) is 5.18. The second-order valence-corrected chi connectivity index (χ2v) is 9.09. The van der Waals surface area contributed by atoms with Crippen LogP contribution >= 0.6 is 11.6 Å². The van der Waals surface area contributed by atoms with E-state index in [9.17, 15) is 19.2 Å². The zero-order valence-electron chi connectivity index (χ0n) is 18.3. The molecule has 3 atom stereocenters. The van der Waals surface area contributed by atoms with Crippen molar-refractivity contribution in [3.63, 3.8) is 0 Å². The Kier molecular flexibility index (Phi) is 6.88. The molecular weight excluding hydrogens is 448 g/mol. The lowest BCUT2D eigenvalue weighted by molar-refractivity contribution is -0.146. The van der Waals surface area contributed by atoms with E-state index in [2.05, 4.69) is 20.9 Å². The number of methoxy groups -OCH3 is 1. The molecule has 0 bridgehead atoms. The maximum atomic E-state index is 13.1. The van der Waals surface area contributed by atoms with E-state index in [0.717, 1.165) is 18.4 Å². The van der Waals surface area contributed by atoms with Gasteiger partial charge in [-0.3, -0.25) is 14.4 Å². The van der Waals surface area contributed by atoms with Crippen molar-refractivity contribution in [1.82, 2.24) is 20.9 Å². The molecular formula is C23H27ClN4O5.